The van der Waals surface area contributed by atoms with Gasteiger partial charge < -0.3 is 24.4 Å². The van der Waals surface area contributed by atoms with Crippen LogP contribution in [0.4, 0.5) is 0 Å². The lowest BCUT2D eigenvalue weighted by Gasteiger charge is -2.49. The maximum atomic E-state index is 13.0. The van der Waals surface area contributed by atoms with Crippen molar-refractivity contribution in [2.24, 2.45) is 35.5 Å². The SMILES string of the molecule is C=CC[C@@H]1[C@@H](C)[C@@H](O)[C@@H]2[C@H]3C=C[C@@H]4C[C@H](OC)C(=O)O[C@H]([C@@H](C)O)[C@H](C)C=C(C)[C@@]24O[C@H]31. The van der Waals surface area contributed by atoms with Crippen LogP contribution in [0.1, 0.15) is 40.5 Å². The first-order valence-corrected chi connectivity index (χ1v) is 11.9. The number of carbonyl (C=O) groups is 1. The van der Waals surface area contributed by atoms with Crippen molar-refractivity contribution < 1.29 is 29.2 Å². The molecule has 4 aliphatic rings. The van der Waals surface area contributed by atoms with Crippen LogP contribution in [0.5, 0.6) is 0 Å². The predicted molar refractivity (Wildman–Crippen MR) is 121 cm³/mol. The zero-order valence-corrected chi connectivity index (χ0v) is 19.8. The van der Waals surface area contributed by atoms with Crippen molar-refractivity contribution in [1.82, 2.24) is 0 Å². The summed E-state index contributed by atoms with van der Waals surface area (Å²) in [4.78, 5) is 13.0. The van der Waals surface area contributed by atoms with Gasteiger partial charge in [-0.25, -0.2) is 4.79 Å². The highest BCUT2D eigenvalue weighted by Crippen LogP contribution is 2.62. The molecule has 1 saturated carbocycles. The van der Waals surface area contributed by atoms with E-state index < -0.39 is 36.0 Å². The molecule has 2 N–H and O–H groups in total. The Kier molecular flexibility index (Phi) is 6.45. The van der Waals surface area contributed by atoms with Crippen molar-refractivity contribution in [3.8, 4) is 0 Å². The molecule has 0 aromatic carbocycles. The molecule has 0 radical (unpaired) electrons. The van der Waals surface area contributed by atoms with E-state index in [1.807, 2.05) is 13.0 Å². The Morgan fingerprint density at radius 3 is 2.72 bits per heavy atom. The Hall–Kier alpha value is -1.47. The number of ether oxygens (including phenoxy) is 3. The fraction of sp³-hybridized carbons (Fsp3) is 0.731. The summed E-state index contributed by atoms with van der Waals surface area (Å²) in [6.07, 6.45) is 6.68. The molecule has 6 heteroatoms. The molecule has 1 spiro atoms. The summed E-state index contributed by atoms with van der Waals surface area (Å²) >= 11 is 0. The number of hydrogen-bond donors (Lipinski definition) is 2. The van der Waals surface area contributed by atoms with Crippen molar-refractivity contribution in [3.05, 3.63) is 36.5 Å². The lowest BCUT2D eigenvalue weighted by Crippen LogP contribution is -2.55. The largest absolute Gasteiger partial charge is 0.457 e. The highest BCUT2D eigenvalue weighted by atomic mass is 16.6. The molecular weight excluding hydrogens is 408 g/mol. The Bertz CT molecular complexity index is 802. The lowest BCUT2D eigenvalue weighted by atomic mass is 9.55. The first-order valence-electron chi connectivity index (χ1n) is 11.9. The zero-order chi connectivity index (χ0) is 23.4. The van der Waals surface area contributed by atoms with Crippen LogP contribution in [0.2, 0.25) is 0 Å². The van der Waals surface area contributed by atoms with Crippen LogP contribution in [0, 0.1) is 35.5 Å². The van der Waals surface area contributed by atoms with Crippen molar-refractivity contribution >= 4 is 5.97 Å². The van der Waals surface area contributed by atoms with Crippen LogP contribution in [0.25, 0.3) is 0 Å². The van der Waals surface area contributed by atoms with Gasteiger partial charge in [0.25, 0.3) is 0 Å². The summed E-state index contributed by atoms with van der Waals surface area (Å²) in [6.45, 7) is 11.7. The number of aliphatic hydroxyl groups is 2. The second-order valence-corrected chi connectivity index (χ2v) is 10.3. The van der Waals surface area contributed by atoms with Crippen LogP contribution in [0.15, 0.2) is 36.5 Å². The van der Waals surface area contributed by atoms with Gasteiger partial charge in [0.1, 0.15) is 11.7 Å². The molecule has 4 bridgehead atoms. The fourth-order valence-corrected chi connectivity index (χ4v) is 7.01. The van der Waals surface area contributed by atoms with Gasteiger partial charge in [0.2, 0.25) is 0 Å². The third-order valence-electron chi connectivity index (χ3n) is 8.57. The second kappa shape index (κ2) is 8.71. The summed E-state index contributed by atoms with van der Waals surface area (Å²) in [5.41, 5.74) is 0.306. The summed E-state index contributed by atoms with van der Waals surface area (Å²) in [7, 11) is 1.51. The molecule has 32 heavy (non-hydrogen) atoms. The van der Waals surface area contributed by atoms with Gasteiger partial charge in [-0.15, -0.1) is 6.58 Å². The smallest absolute Gasteiger partial charge is 0.335 e. The monoisotopic (exact) mass is 446 g/mol. The third kappa shape index (κ3) is 3.42. The first kappa shape index (κ1) is 23.7. The molecule has 2 aliphatic heterocycles. The van der Waals surface area contributed by atoms with E-state index >= 15 is 0 Å². The normalized spacial score (nSPS) is 49.0. The van der Waals surface area contributed by atoms with Crippen LogP contribution in [-0.2, 0) is 19.0 Å². The van der Waals surface area contributed by atoms with E-state index in [1.54, 1.807) is 6.92 Å². The van der Waals surface area contributed by atoms with Crippen LogP contribution in [0.3, 0.4) is 0 Å². The maximum Gasteiger partial charge on any atom is 0.335 e. The molecule has 4 rings (SSSR count). The molecule has 0 amide bonds. The topological polar surface area (TPSA) is 85.2 Å². The average molecular weight is 447 g/mol. The predicted octanol–water partition coefficient (Wildman–Crippen LogP) is 3.04. The fourth-order valence-electron chi connectivity index (χ4n) is 7.01. The summed E-state index contributed by atoms with van der Waals surface area (Å²) in [5.74, 6) is -0.549. The molecule has 0 unspecified atom stereocenters. The van der Waals surface area contributed by atoms with Crippen molar-refractivity contribution in [2.75, 3.05) is 7.11 Å². The summed E-state index contributed by atoms with van der Waals surface area (Å²) < 4.78 is 18.3. The Labute approximate surface area is 191 Å². The van der Waals surface area contributed by atoms with Crippen LogP contribution >= 0.6 is 0 Å². The molecule has 2 fully saturated rings. The standard InChI is InChI=1S/C26H38O6/c1-7-8-18-15(4)22(28)21-19-10-9-17-12-20(30-6)25(29)31-23(16(5)27)13(2)11-14(3)26(17,21)32-24(18)19/h7,9-11,13,15-24,27-28H,1,8,12H2,2-6H3/t13-,15-,16-,17-,18-,19-,20+,21+,22-,23+,24+,26+/m1/s1. The third-order valence-corrected chi connectivity index (χ3v) is 8.57. The number of rotatable bonds is 4. The molecular formula is C26H38O6. The number of methoxy groups -OCH3 is 1. The van der Waals surface area contributed by atoms with E-state index in [1.165, 1.54) is 7.11 Å². The average Bonchev–Trinajstić information content (AvgIpc) is 2.94. The number of allylic oxidation sites excluding steroid dienone is 1. The minimum absolute atomic E-state index is 0.0141. The molecule has 12 atom stereocenters. The molecule has 0 aromatic rings. The van der Waals surface area contributed by atoms with Gasteiger partial charge in [-0.1, -0.05) is 38.2 Å². The van der Waals surface area contributed by atoms with E-state index in [4.69, 9.17) is 14.2 Å². The molecule has 178 valence electrons. The van der Waals surface area contributed by atoms with Gasteiger partial charge in [-0.3, -0.25) is 0 Å². The van der Waals surface area contributed by atoms with Gasteiger partial charge >= 0.3 is 5.97 Å². The highest BCUT2D eigenvalue weighted by Gasteiger charge is 2.67. The quantitative estimate of drug-likeness (QED) is 0.510. The van der Waals surface area contributed by atoms with Crippen molar-refractivity contribution in [2.45, 2.75) is 76.7 Å². The maximum absolute atomic E-state index is 13.0. The molecule has 2 heterocycles. The van der Waals surface area contributed by atoms with Crippen LogP contribution < -0.4 is 0 Å². The zero-order valence-electron chi connectivity index (χ0n) is 19.8. The Balaban J connectivity index is 1.86. The van der Waals surface area contributed by atoms with E-state index in [-0.39, 0.29) is 41.6 Å². The van der Waals surface area contributed by atoms with Gasteiger partial charge in [-0.2, -0.15) is 0 Å². The minimum Gasteiger partial charge on any atom is -0.457 e. The van der Waals surface area contributed by atoms with E-state index in [2.05, 4.69) is 38.7 Å². The van der Waals surface area contributed by atoms with Gasteiger partial charge in [-0.05, 0) is 44.1 Å². The van der Waals surface area contributed by atoms with Gasteiger partial charge in [0, 0.05) is 30.8 Å². The van der Waals surface area contributed by atoms with Gasteiger partial charge in [0.05, 0.1) is 18.3 Å². The van der Waals surface area contributed by atoms with Crippen molar-refractivity contribution in [3.63, 3.8) is 0 Å². The Morgan fingerprint density at radius 1 is 1.38 bits per heavy atom. The van der Waals surface area contributed by atoms with E-state index in [9.17, 15) is 15.0 Å². The number of esters is 1. The second-order valence-electron chi connectivity index (χ2n) is 10.3. The van der Waals surface area contributed by atoms with Gasteiger partial charge in [0.15, 0.2) is 6.10 Å². The number of hydrogen-bond acceptors (Lipinski definition) is 6. The van der Waals surface area contributed by atoms with E-state index in [0.717, 1.165) is 12.0 Å². The summed E-state index contributed by atoms with van der Waals surface area (Å²) in [5, 5.41) is 21.9. The molecule has 2 aliphatic carbocycles. The lowest BCUT2D eigenvalue weighted by molar-refractivity contribution is -0.172. The number of aliphatic hydroxyl groups excluding tert-OH is 2. The number of carbonyl (C=O) groups excluding carboxylic acids is 1. The Morgan fingerprint density at radius 2 is 2.09 bits per heavy atom. The highest BCUT2D eigenvalue weighted by molar-refractivity contribution is 5.75. The number of cyclic esters (lactones) is 1. The molecule has 0 aromatic heterocycles. The first-order chi connectivity index (χ1) is 15.2. The summed E-state index contributed by atoms with van der Waals surface area (Å²) in [6, 6.07) is 0. The molecule has 6 nitrogen and oxygen atoms in total. The molecule has 1 saturated heterocycles. The minimum atomic E-state index is -0.825. The van der Waals surface area contributed by atoms with Crippen molar-refractivity contribution in [1.29, 1.82) is 0 Å². The van der Waals surface area contributed by atoms with Crippen LogP contribution in [-0.4, -0.2) is 59.4 Å². The van der Waals surface area contributed by atoms with E-state index in [0.29, 0.717) is 6.42 Å².